The maximum atomic E-state index is 13.1. The van der Waals surface area contributed by atoms with Gasteiger partial charge in [-0.05, 0) is 152 Å². The normalized spacial score (nSPS) is 28.3. The fourth-order valence-corrected chi connectivity index (χ4v) is 13.2. The van der Waals surface area contributed by atoms with Gasteiger partial charge in [0.25, 0.3) is 20.2 Å². The van der Waals surface area contributed by atoms with Crippen molar-refractivity contribution < 1.29 is 31.0 Å². The van der Waals surface area contributed by atoms with Crippen LogP contribution >= 0.6 is 0 Å². The SMILES string of the molecule is O=S(=O)(O)c1c(C2CCCCC2)cc(C2CCCC(C3CCC(c4cc(O)cc(C5CCCC5)c4S(=O)(=O)O)C3)C2)cc1C1CCCCC1. The Balaban J connectivity index is 1.17. The molecule has 5 fully saturated rings. The Kier molecular flexibility index (Phi) is 10.6. The van der Waals surface area contributed by atoms with Crippen LogP contribution in [0.15, 0.2) is 34.1 Å². The predicted octanol–water partition coefficient (Wildman–Crippen LogP) is 10.5. The van der Waals surface area contributed by atoms with Crippen LogP contribution in [-0.2, 0) is 20.2 Å². The molecule has 5 aliphatic carbocycles. The van der Waals surface area contributed by atoms with Crippen molar-refractivity contribution in [2.45, 2.75) is 174 Å². The minimum absolute atomic E-state index is 0.0283. The Hall–Kier alpha value is -1.94. The van der Waals surface area contributed by atoms with Crippen molar-refractivity contribution in [3.05, 3.63) is 52.1 Å². The summed E-state index contributed by atoms with van der Waals surface area (Å²) in [7, 11) is -8.83. The average Bonchev–Trinajstić information content (AvgIpc) is 3.81. The molecule has 2 aromatic rings. The van der Waals surface area contributed by atoms with Gasteiger partial charge in [0.1, 0.15) is 15.5 Å². The number of hydrogen-bond donors (Lipinski definition) is 3. The molecule has 2 aromatic carbocycles. The zero-order valence-corrected chi connectivity index (χ0v) is 30.6. The maximum Gasteiger partial charge on any atom is 0.295 e. The maximum absolute atomic E-state index is 13.1. The van der Waals surface area contributed by atoms with Crippen molar-refractivity contribution in [1.82, 2.24) is 0 Å². The van der Waals surface area contributed by atoms with Gasteiger partial charge >= 0.3 is 0 Å². The van der Waals surface area contributed by atoms with E-state index in [0.29, 0.717) is 28.9 Å². The highest BCUT2D eigenvalue weighted by molar-refractivity contribution is 7.86. The summed E-state index contributed by atoms with van der Waals surface area (Å²) < 4.78 is 73.1. The van der Waals surface area contributed by atoms with Crippen LogP contribution in [0.1, 0.15) is 192 Å². The highest BCUT2D eigenvalue weighted by Crippen LogP contribution is 2.52. The van der Waals surface area contributed by atoms with Crippen LogP contribution < -0.4 is 0 Å². The summed E-state index contributed by atoms with van der Waals surface area (Å²) in [6.45, 7) is 0. The van der Waals surface area contributed by atoms with Crippen LogP contribution in [0.2, 0.25) is 0 Å². The molecule has 0 saturated heterocycles. The lowest BCUT2D eigenvalue weighted by atomic mass is 9.70. The first-order chi connectivity index (χ1) is 23.5. The Morgan fingerprint density at radius 3 is 1.31 bits per heavy atom. The molecule has 4 unspecified atom stereocenters. The highest BCUT2D eigenvalue weighted by atomic mass is 32.2. The molecule has 0 radical (unpaired) electrons. The number of phenolic OH excluding ortho intramolecular Hbond substituents is 1. The molecule has 0 aliphatic heterocycles. The highest BCUT2D eigenvalue weighted by Gasteiger charge is 2.39. The van der Waals surface area contributed by atoms with E-state index < -0.39 is 20.2 Å². The first kappa shape index (κ1) is 35.5. The summed E-state index contributed by atoms with van der Waals surface area (Å²) in [4.78, 5) is 0.271. The van der Waals surface area contributed by atoms with Crippen molar-refractivity contribution in [3.8, 4) is 5.75 Å². The van der Waals surface area contributed by atoms with Gasteiger partial charge in [-0.2, -0.15) is 16.8 Å². The molecule has 49 heavy (non-hydrogen) atoms. The first-order valence-corrected chi connectivity index (χ1v) is 22.3. The van der Waals surface area contributed by atoms with Gasteiger partial charge in [0, 0.05) is 0 Å². The van der Waals surface area contributed by atoms with Crippen molar-refractivity contribution in [2.24, 2.45) is 11.8 Å². The van der Waals surface area contributed by atoms with Crippen molar-refractivity contribution in [1.29, 1.82) is 0 Å². The second-order valence-electron chi connectivity index (χ2n) is 16.5. The van der Waals surface area contributed by atoms with Gasteiger partial charge in [0.2, 0.25) is 0 Å². The van der Waals surface area contributed by atoms with Crippen LogP contribution in [0.4, 0.5) is 0 Å². The molecular weight excluding hydrogens is 657 g/mol. The van der Waals surface area contributed by atoms with Gasteiger partial charge in [-0.3, -0.25) is 9.11 Å². The number of rotatable bonds is 8. The van der Waals surface area contributed by atoms with Gasteiger partial charge in [-0.25, -0.2) is 0 Å². The molecule has 270 valence electrons. The largest absolute Gasteiger partial charge is 0.508 e. The molecular formula is C40H56O7S2. The van der Waals surface area contributed by atoms with Gasteiger partial charge in [0.15, 0.2) is 0 Å². The Bertz CT molecular complexity index is 1680. The number of hydrogen-bond acceptors (Lipinski definition) is 5. The molecule has 0 aromatic heterocycles. The molecule has 0 heterocycles. The predicted molar refractivity (Wildman–Crippen MR) is 192 cm³/mol. The van der Waals surface area contributed by atoms with Crippen molar-refractivity contribution in [2.75, 3.05) is 0 Å². The second kappa shape index (κ2) is 14.6. The lowest BCUT2D eigenvalue weighted by Crippen LogP contribution is -2.22. The third-order valence-electron chi connectivity index (χ3n) is 13.5. The smallest absolute Gasteiger partial charge is 0.295 e. The minimum Gasteiger partial charge on any atom is -0.508 e. The summed E-state index contributed by atoms with van der Waals surface area (Å²) in [5, 5.41) is 10.8. The van der Waals surface area contributed by atoms with E-state index in [4.69, 9.17) is 0 Å². The van der Waals surface area contributed by atoms with Crippen LogP contribution in [-0.4, -0.2) is 31.0 Å². The minimum atomic E-state index is -4.46. The molecule has 0 spiro atoms. The van der Waals surface area contributed by atoms with E-state index in [0.717, 1.165) is 133 Å². The fraction of sp³-hybridized carbons (Fsp3) is 0.700. The van der Waals surface area contributed by atoms with Gasteiger partial charge in [-0.1, -0.05) is 76.3 Å². The van der Waals surface area contributed by atoms with Crippen LogP contribution in [0, 0.1) is 11.8 Å². The summed E-state index contributed by atoms with van der Waals surface area (Å²) in [6, 6.07) is 7.50. The fourth-order valence-electron chi connectivity index (χ4n) is 11.2. The van der Waals surface area contributed by atoms with Gasteiger partial charge < -0.3 is 5.11 Å². The third kappa shape index (κ3) is 7.66. The van der Waals surface area contributed by atoms with E-state index in [2.05, 4.69) is 12.1 Å². The summed E-state index contributed by atoms with van der Waals surface area (Å²) in [5.74, 6) is 1.65. The van der Waals surface area contributed by atoms with Crippen LogP contribution in [0.5, 0.6) is 5.75 Å². The van der Waals surface area contributed by atoms with E-state index in [1.54, 1.807) is 12.1 Å². The zero-order chi connectivity index (χ0) is 34.3. The number of aromatic hydroxyl groups is 1. The molecule has 3 N–H and O–H groups in total. The summed E-state index contributed by atoms with van der Waals surface area (Å²) >= 11 is 0. The molecule has 4 atom stereocenters. The average molecular weight is 713 g/mol. The topological polar surface area (TPSA) is 129 Å². The number of phenols is 1. The molecule has 0 bridgehead atoms. The van der Waals surface area contributed by atoms with Gasteiger partial charge in [0.05, 0.1) is 0 Å². The van der Waals surface area contributed by atoms with Gasteiger partial charge in [-0.15, -0.1) is 0 Å². The Morgan fingerprint density at radius 1 is 0.429 bits per heavy atom. The summed E-state index contributed by atoms with van der Waals surface area (Å²) in [6.07, 6.45) is 21.4. The van der Waals surface area contributed by atoms with Crippen molar-refractivity contribution >= 4 is 20.2 Å². The quantitative estimate of drug-likeness (QED) is 0.232. The van der Waals surface area contributed by atoms with E-state index in [9.17, 15) is 31.0 Å². The van der Waals surface area contributed by atoms with E-state index in [1.165, 1.54) is 18.4 Å². The van der Waals surface area contributed by atoms with Crippen molar-refractivity contribution in [3.63, 3.8) is 0 Å². The Labute approximate surface area is 294 Å². The molecule has 9 heteroatoms. The molecule has 7 nitrogen and oxygen atoms in total. The zero-order valence-electron chi connectivity index (χ0n) is 29.0. The second-order valence-corrected chi connectivity index (χ2v) is 19.2. The van der Waals surface area contributed by atoms with E-state index in [1.807, 2.05) is 0 Å². The lowest BCUT2D eigenvalue weighted by Gasteiger charge is -2.35. The summed E-state index contributed by atoms with van der Waals surface area (Å²) in [5.41, 5.74) is 4.16. The third-order valence-corrected chi connectivity index (χ3v) is 15.4. The Morgan fingerprint density at radius 2 is 0.816 bits per heavy atom. The van der Waals surface area contributed by atoms with E-state index in [-0.39, 0.29) is 39.2 Å². The van der Waals surface area contributed by atoms with Crippen LogP contribution in [0.3, 0.4) is 0 Å². The van der Waals surface area contributed by atoms with Crippen LogP contribution in [0.25, 0.3) is 0 Å². The standard InChI is InChI=1S/C40H56O7S2/c41-34-24-37(28-14-7-8-15-28)40(49(45,46)47)38(25-34)32-19-18-31(21-32)29-16-9-17-30(20-29)33-22-35(26-10-3-1-4-11-26)39(48(42,43)44)36(23-33)27-12-5-2-6-13-27/h22-32,41H,1-21H2,(H,42,43,44)(H,45,46,47). The first-order valence-electron chi connectivity index (χ1n) is 19.5. The molecule has 5 saturated carbocycles. The number of benzene rings is 2. The van der Waals surface area contributed by atoms with E-state index >= 15 is 0 Å². The molecule has 5 aliphatic rings. The monoisotopic (exact) mass is 712 g/mol. The molecule has 0 amide bonds. The lowest BCUT2D eigenvalue weighted by molar-refractivity contribution is 0.229. The molecule has 7 rings (SSSR count).